The highest BCUT2D eigenvalue weighted by molar-refractivity contribution is 5.76. The minimum absolute atomic E-state index is 0.249. The molecule has 12 atom stereocenters. The van der Waals surface area contributed by atoms with Crippen LogP contribution in [0.1, 0.15) is 187 Å². The lowest BCUT2D eigenvalue weighted by Crippen LogP contribution is -2.65. The first kappa shape index (κ1) is 61.1. The van der Waals surface area contributed by atoms with Crippen molar-refractivity contribution in [3.8, 4) is 0 Å². The Balaban J connectivity index is 1.66. The summed E-state index contributed by atoms with van der Waals surface area (Å²) < 4.78 is 22.6. The van der Waals surface area contributed by atoms with Crippen LogP contribution in [0.25, 0.3) is 0 Å². The van der Waals surface area contributed by atoms with Crippen molar-refractivity contribution in [1.82, 2.24) is 5.32 Å². The molecule has 0 spiro atoms. The van der Waals surface area contributed by atoms with Crippen LogP contribution in [0.2, 0.25) is 0 Å². The van der Waals surface area contributed by atoms with E-state index in [0.29, 0.717) is 6.42 Å². The van der Waals surface area contributed by atoms with Gasteiger partial charge in [0.25, 0.3) is 0 Å². The van der Waals surface area contributed by atoms with E-state index in [2.05, 4.69) is 55.6 Å². The van der Waals surface area contributed by atoms with Crippen LogP contribution in [-0.4, -0.2) is 140 Å². The number of carbonyl (C=O) groups is 1. The van der Waals surface area contributed by atoms with E-state index >= 15 is 0 Å². The summed E-state index contributed by atoms with van der Waals surface area (Å²) in [6, 6.07) is -0.912. The van der Waals surface area contributed by atoms with Crippen LogP contribution in [0, 0.1) is 0 Å². The minimum Gasteiger partial charge on any atom is -0.394 e. The lowest BCUT2D eigenvalue weighted by atomic mass is 9.97. The molecular formula is C53H95NO13. The van der Waals surface area contributed by atoms with Crippen LogP contribution in [0.4, 0.5) is 0 Å². The fraction of sp³-hybridized carbons (Fsp3) is 0.830. The van der Waals surface area contributed by atoms with Crippen molar-refractivity contribution in [3.05, 3.63) is 48.6 Å². The SMILES string of the molecule is CCCCCC/C=C/C(O)C(COC1OC(CO)C(OC2OC(CO)C(O)C(O)C2O)C(O)C1O)NC(=O)CCCCCCCCCCCCCC/C=C\C/C=C\C/C=C\CCCCCCC. The zero-order valence-corrected chi connectivity index (χ0v) is 41.4. The molecule has 2 heterocycles. The van der Waals surface area contributed by atoms with E-state index in [9.17, 15) is 45.6 Å². The molecule has 14 nitrogen and oxygen atoms in total. The molecule has 0 radical (unpaired) electrons. The largest absolute Gasteiger partial charge is 0.394 e. The number of rotatable bonds is 40. The molecule has 2 aliphatic rings. The summed E-state index contributed by atoms with van der Waals surface area (Å²) in [6.45, 7) is 2.67. The first-order valence-electron chi connectivity index (χ1n) is 26.4. The van der Waals surface area contributed by atoms with Crippen molar-refractivity contribution in [3.63, 3.8) is 0 Å². The Kier molecular flexibility index (Phi) is 36.1. The third-order valence-corrected chi connectivity index (χ3v) is 12.8. The standard InChI is InChI=1S/C53H95NO13/c1-3-5-7-9-11-12-13-14-15-16-17-18-19-20-21-22-23-24-25-26-27-28-29-30-31-33-35-37-45(58)54-41(42(57)36-34-32-10-8-6-4-2)40-64-52-50(63)48(61)51(44(39-56)66-52)67-53-49(62)47(60)46(59)43(38-55)65-53/h13-14,16-17,19-20,34,36,41-44,46-53,55-57,59-63H,3-12,15,18,21-33,35,37-40H2,1-2H3,(H,54,58)/b14-13-,17-16-,20-19-,36-34+. The van der Waals surface area contributed by atoms with E-state index in [1.165, 1.54) is 96.3 Å². The van der Waals surface area contributed by atoms with Crippen molar-refractivity contribution in [2.45, 2.75) is 261 Å². The smallest absolute Gasteiger partial charge is 0.220 e. The Hall–Kier alpha value is -2.05. The van der Waals surface area contributed by atoms with Gasteiger partial charge in [-0.15, -0.1) is 0 Å². The molecule has 390 valence electrons. The average Bonchev–Trinajstić information content (AvgIpc) is 3.32. The maximum absolute atomic E-state index is 13.1. The number of aliphatic hydroxyl groups excluding tert-OH is 8. The monoisotopic (exact) mass is 954 g/mol. The van der Waals surface area contributed by atoms with Crippen molar-refractivity contribution in [2.75, 3.05) is 19.8 Å². The van der Waals surface area contributed by atoms with Gasteiger partial charge in [-0.25, -0.2) is 0 Å². The van der Waals surface area contributed by atoms with Gasteiger partial charge >= 0.3 is 0 Å². The Morgan fingerprint density at radius 2 is 0.985 bits per heavy atom. The average molecular weight is 954 g/mol. The molecule has 12 unspecified atom stereocenters. The summed E-state index contributed by atoms with van der Waals surface area (Å²) in [6.07, 6.45) is 30.7. The molecule has 1 amide bonds. The maximum atomic E-state index is 13.1. The first-order valence-corrected chi connectivity index (χ1v) is 26.4. The lowest BCUT2D eigenvalue weighted by Gasteiger charge is -2.46. The van der Waals surface area contributed by atoms with Gasteiger partial charge in [0, 0.05) is 6.42 Å². The van der Waals surface area contributed by atoms with Crippen LogP contribution < -0.4 is 5.32 Å². The number of ether oxygens (including phenoxy) is 4. The second-order valence-electron chi connectivity index (χ2n) is 18.6. The lowest BCUT2D eigenvalue weighted by molar-refractivity contribution is -0.359. The number of allylic oxidation sites excluding steroid dienone is 7. The molecule has 2 saturated heterocycles. The molecule has 0 bridgehead atoms. The molecule has 0 aliphatic carbocycles. The molecule has 67 heavy (non-hydrogen) atoms. The van der Waals surface area contributed by atoms with E-state index in [1.54, 1.807) is 6.08 Å². The minimum atomic E-state index is -1.79. The number of aliphatic hydroxyl groups is 8. The molecular weight excluding hydrogens is 859 g/mol. The Bertz CT molecular complexity index is 1310. The van der Waals surface area contributed by atoms with Crippen molar-refractivity contribution in [2.24, 2.45) is 0 Å². The molecule has 0 aromatic carbocycles. The van der Waals surface area contributed by atoms with E-state index in [4.69, 9.17) is 18.9 Å². The van der Waals surface area contributed by atoms with Gasteiger partial charge < -0.3 is 65.1 Å². The molecule has 0 saturated carbocycles. The molecule has 2 fully saturated rings. The van der Waals surface area contributed by atoms with Gasteiger partial charge in [-0.1, -0.05) is 172 Å². The Labute approximate surface area is 403 Å². The summed E-state index contributed by atoms with van der Waals surface area (Å²) in [5, 5.41) is 86.3. The van der Waals surface area contributed by atoms with Gasteiger partial charge in [0.15, 0.2) is 12.6 Å². The zero-order chi connectivity index (χ0) is 48.9. The first-order chi connectivity index (χ1) is 32.6. The normalized spacial score (nSPS) is 27.0. The van der Waals surface area contributed by atoms with Gasteiger partial charge in [0.05, 0.1) is 32.0 Å². The predicted octanol–water partition coefficient (Wildman–Crippen LogP) is 7.27. The fourth-order valence-corrected chi connectivity index (χ4v) is 8.41. The van der Waals surface area contributed by atoms with Gasteiger partial charge in [0.2, 0.25) is 5.91 Å². The van der Waals surface area contributed by atoms with Gasteiger partial charge in [-0.3, -0.25) is 4.79 Å². The number of nitrogens with one attached hydrogen (secondary N) is 1. The van der Waals surface area contributed by atoms with Crippen LogP contribution in [0.3, 0.4) is 0 Å². The number of amides is 1. The number of hydrogen-bond donors (Lipinski definition) is 9. The second-order valence-corrected chi connectivity index (χ2v) is 18.6. The third-order valence-electron chi connectivity index (χ3n) is 12.8. The summed E-state index contributed by atoms with van der Waals surface area (Å²) in [4.78, 5) is 13.1. The molecule has 14 heteroatoms. The van der Waals surface area contributed by atoms with Gasteiger partial charge in [0.1, 0.15) is 48.8 Å². The van der Waals surface area contributed by atoms with Crippen LogP contribution >= 0.6 is 0 Å². The van der Waals surface area contributed by atoms with E-state index < -0.39 is 86.8 Å². The highest BCUT2D eigenvalue weighted by atomic mass is 16.7. The topological polar surface area (TPSA) is 228 Å². The van der Waals surface area contributed by atoms with Crippen molar-refractivity contribution >= 4 is 5.91 Å². The van der Waals surface area contributed by atoms with Crippen LogP contribution in [-0.2, 0) is 23.7 Å². The number of hydrogen-bond acceptors (Lipinski definition) is 13. The zero-order valence-electron chi connectivity index (χ0n) is 41.4. The van der Waals surface area contributed by atoms with Gasteiger partial charge in [-0.2, -0.15) is 0 Å². The second kappa shape index (κ2) is 39.6. The van der Waals surface area contributed by atoms with E-state index in [-0.39, 0.29) is 18.9 Å². The highest BCUT2D eigenvalue weighted by Gasteiger charge is 2.51. The van der Waals surface area contributed by atoms with Crippen molar-refractivity contribution in [1.29, 1.82) is 0 Å². The fourth-order valence-electron chi connectivity index (χ4n) is 8.41. The number of unbranched alkanes of at least 4 members (excludes halogenated alkanes) is 21. The van der Waals surface area contributed by atoms with Crippen molar-refractivity contribution < 1.29 is 64.6 Å². The van der Waals surface area contributed by atoms with Crippen LogP contribution in [0.15, 0.2) is 48.6 Å². The predicted molar refractivity (Wildman–Crippen MR) is 263 cm³/mol. The highest BCUT2D eigenvalue weighted by Crippen LogP contribution is 2.30. The molecule has 9 N–H and O–H groups in total. The third kappa shape index (κ3) is 26.7. The summed E-state index contributed by atoms with van der Waals surface area (Å²) >= 11 is 0. The summed E-state index contributed by atoms with van der Waals surface area (Å²) in [5.74, 6) is -0.249. The summed E-state index contributed by atoms with van der Waals surface area (Å²) in [7, 11) is 0. The molecule has 0 aromatic rings. The molecule has 2 rings (SSSR count). The Morgan fingerprint density at radius 1 is 0.537 bits per heavy atom. The molecule has 0 aromatic heterocycles. The maximum Gasteiger partial charge on any atom is 0.220 e. The van der Waals surface area contributed by atoms with E-state index in [0.717, 1.165) is 64.2 Å². The Morgan fingerprint density at radius 3 is 1.52 bits per heavy atom. The van der Waals surface area contributed by atoms with Crippen LogP contribution in [0.5, 0.6) is 0 Å². The molecule has 2 aliphatic heterocycles. The number of carbonyl (C=O) groups excluding carboxylic acids is 1. The summed E-state index contributed by atoms with van der Waals surface area (Å²) in [5.41, 5.74) is 0. The quantitative estimate of drug-likeness (QED) is 0.0218. The van der Waals surface area contributed by atoms with Gasteiger partial charge in [-0.05, 0) is 57.8 Å². The van der Waals surface area contributed by atoms with E-state index in [1.807, 2.05) is 6.08 Å².